The standard InChI is InChI=1S/C26H34O2/c1-15(2)11-19-17-13-18-20(12-16(3)4)24(26(8,9)10)28-22(18)14-21(17)27-23(19)25(5,6)7/h13-14H,1,3,11-12H2,2,4-10H3. The van der Waals surface area contributed by atoms with E-state index in [4.69, 9.17) is 8.83 Å². The molecule has 0 radical (unpaired) electrons. The molecule has 0 spiro atoms. The van der Waals surface area contributed by atoms with Crippen molar-refractivity contribution in [1.29, 1.82) is 0 Å². The molecule has 1 aromatic carbocycles. The van der Waals surface area contributed by atoms with Crippen molar-refractivity contribution in [3.05, 3.63) is 59.1 Å². The van der Waals surface area contributed by atoms with E-state index in [0.717, 1.165) is 46.7 Å². The van der Waals surface area contributed by atoms with Gasteiger partial charge in [0.25, 0.3) is 0 Å². The Labute approximate surface area is 169 Å². The number of benzene rings is 1. The average molecular weight is 379 g/mol. The molecular formula is C26H34O2. The van der Waals surface area contributed by atoms with Crippen LogP contribution in [-0.4, -0.2) is 0 Å². The molecule has 2 heterocycles. The largest absolute Gasteiger partial charge is 0.460 e. The summed E-state index contributed by atoms with van der Waals surface area (Å²) in [6, 6.07) is 4.33. The molecule has 0 N–H and O–H groups in total. The van der Waals surface area contributed by atoms with Crippen molar-refractivity contribution in [3.8, 4) is 0 Å². The van der Waals surface area contributed by atoms with E-state index in [1.807, 2.05) is 0 Å². The van der Waals surface area contributed by atoms with Gasteiger partial charge in [0.05, 0.1) is 0 Å². The molecule has 0 aliphatic carbocycles. The molecule has 0 saturated heterocycles. The van der Waals surface area contributed by atoms with Crippen molar-refractivity contribution in [2.75, 3.05) is 0 Å². The maximum absolute atomic E-state index is 6.37. The van der Waals surface area contributed by atoms with Crippen LogP contribution >= 0.6 is 0 Å². The summed E-state index contributed by atoms with van der Waals surface area (Å²) < 4.78 is 12.7. The van der Waals surface area contributed by atoms with Crippen LogP contribution in [-0.2, 0) is 23.7 Å². The van der Waals surface area contributed by atoms with E-state index in [-0.39, 0.29) is 10.8 Å². The van der Waals surface area contributed by atoms with E-state index in [0.29, 0.717) is 0 Å². The van der Waals surface area contributed by atoms with Gasteiger partial charge in [-0.3, -0.25) is 0 Å². The van der Waals surface area contributed by atoms with Crippen LogP contribution in [0.5, 0.6) is 0 Å². The number of rotatable bonds is 4. The molecule has 0 fully saturated rings. The minimum absolute atomic E-state index is 0.0674. The Morgan fingerprint density at radius 3 is 1.36 bits per heavy atom. The summed E-state index contributed by atoms with van der Waals surface area (Å²) in [4.78, 5) is 0. The Morgan fingerprint density at radius 1 is 0.714 bits per heavy atom. The lowest BCUT2D eigenvalue weighted by atomic mass is 9.86. The van der Waals surface area contributed by atoms with Crippen LogP contribution in [0.25, 0.3) is 21.9 Å². The van der Waals surface area contributed by atoms with Crippen molar-refractivity contribution >= 4 is 21.9 Å². The highest BCUT2D eigenvalue weighted by Crippen LogP contribution is 2.41. The molecule has 0 aliphatic heterocycles. The zero-order valence-electron chi connectivity index (χ0n) is 18.8. The predicted octanol–water partition coefficient (Wildman–Crippen LogP) is 8.01. The van der Waals surface area contributed by atoms with Gasteiger partial charge in [-0.25, -0.2) is 0 Å². The first kappa shape index (κ1) is 20.5. The smallest absolute Gasteiger partial charge is 0.138 e. The highest BCUT2D eigenvalue weighted by molar-refractivity contribution is 5.98. The Morgan fingerprint density at radius 2 is 1.07 bits per heavy atom. The van der Waals surface area contributed by atoms with Crippen LogP contribution in [0.2, 0.25) is 0 Å². The Kier molecular flexibility index (Phi) is 4.90. The van der Waals surface area contributed by atoms with Crippen molar-refractivity contribution in [3.63, 3.8) is 0 Å². The van der Waals surface area contributed by atoms with E-state index in [2.05, 4.69) is 80.7 Å². The molecule has 0 amide bonds. The van der Waals surface area contributed by atoms with Gasteiger partial charge in [0.2, 0.25) is 0 Å². The third-order valence-electron chi connectivity index (χ3n) is 5.02. The van der Waals surface area contributed by atoms with E-state index in [1.165, 1.54) is 21.9 Å². The van der Waals surface area contributed by atoms with Gasteiger partial charge < -0.3 is 8.83 Å². The summed E-state index contributed by atoms with van der Waals surface area (Å²) in [5.41, 5.74) is 6.42. The fraction of sp³-hybridized carbons (Fsp3) is 0.462. The first-order valence-corrected chi connectivity index (χ1v) is 10.1. The van der Waals surface area contributed by atoms with E-state index in [1.54, 1.807) is 0 Å². The molecule has 3 aromatic rings. The van der Waals surface area contributed by atoms with Crippen molar-refractivity contribution < 1.29 is 8.83 Å². The summed E-state index contributed by atoms with van der Waals surface area (Å²) in [7, 11) is 0. The second-order valence-corrected chi connectivity index (χ2v) is 10.4. The number of allylic oxidation sites excluding steroid dienone is 2. The maximum atomic E-state index is 6.37. The van der Waals surface area contributed by atoms with Crippen LogP contribution in [0.1, 0.15) is 78.0 Å². The third kappa shape index (κ3) is 3.70. The SMILES string of the molecule is C=C(C)Cc1c(C(C)(C)C)oc2cc3oc(C(C)(C)C)c(CC(=C)C)c3cc12. The molecule has 0 unspecified atom stereocenters. The molecule has 0 atom stereocenters. The molecular weight excluding hydrogens is 344 g/mol. The van der Waals surface area contributed by atoms with Gasteiger partial charge in [0.15, 0.2) is 0 Å². The van der Waals surface area contributed by atoms with Gasteiger partial charge in [0.1, 0.15) is 22.7 Å². The Hall–Kier alpha value is -2.22. The van der Waals surface area contributed by atoms with Crippen molar-refractivity contribution in [2.24, 2.45) is 0 Å². The number of hydrogen-bond acceptors (Lipinski definition) is 2. The lowest BCUT2D eigenvalue weighted by Gasteiger charge is -2.18. The first-order valence-electron chi connectivity index (χ1n) is 10.1. The zero-order chi connectivity index (χ0) is 21.0. The molecule has 0 aliphatic rings. The van der Waals surface area contributed by atoms with E-state index < -0.39 is 0 Å². The highest BCUT2D eigenvalue weighted by atomic mass is 16.3. The number of hydrogen-bond donors (Lipinski definition) is 0. The number of fused-ring (bicyclic) bond motifs is 2. The van der Waals surface area contributed by atoms with Crippen LogP contribution in [0.3, 0.4) is 0 Å². The van der Waals surface area contributed by atoms with E-state index >= 15 is 0 Å². The minimum Gasteiger partial charge on any atom is -0.460 e. The lowest BCUT2D eigenvalue weighted by molar-refractivity contribution is 0.421. The first-order chi connectivity index (χ1) is 12.8. The quantitative estimate of drug-likeness (QED) is 0.430. The molecule has 28 heavy (non-hydrogen) atoms. The normalized spacial score (nSPS) is 12.9. The topological polar surface area (TPSA) is 26.3 Å². The van der Waals surface area contributed by atoms with Gasteiger partial charge in [0, 0.05) is 38.8 Å². The molecule has 2 nitrogen and oxygen atoms in total. The van der Waals surface area contributed by atoms with Gasteiger partial charge in [-0.2, -0.15) is 0 Å². The second-order valence-electron chi connectivity index (χ2n) is 10.4. The summed E-state index contributed by atoms with van der Waals surface area (Å²) >= 11 is 0. The van der Waals surface area contributed by atoms with Crippen molar-refractivity contribution in [2.45, 2.75) is 79.1 Å². The van der Waals surface area contributed by atoms with Crippen LogP contribution in [0.15, 0.2) is 45.3 Å². The zero-order valence-corrected chi connectivity index (χ0v) is 18.8. The average Bonchev–Trinajstić information content (AvgIpc) is 3.03. The summed E-state index contributed by atoms with van der Waals surface area (Å²) in [5.74, 6) is 2.08. The monoisotopic (exact) mass is 378 g/mol. The Bertz CT molecular complexity index is 988. The number of furan rings is 2. The fourth-order valence-corrected chi connectivity index (χ4v) is 3.96. The van der Waals surface area contributed by atoms with Crippen LogP contribution in [0.4, 0.5) is 0 Å². The van der Waals surface area contributed by atoms with Gasteiger partial charge in [-0.05, 0) is 32.8 Å². The second kappa shape index (κ2) is 6.69. The third-order valence-corrected chi connectivity index (χ3v) is 5.02. The highest BCUT2D eigenvalue weighted by Gasteiger charge is 2.29. The fourth-order valence-electron chi connectivity index (χ4n) is 3.96. The molecule has 2 aromatic heterocycles. The van der Waals surface area contributed by atoms with Gasteiger partial charge in [-0.15, -0.1) is 0 Å². The predicted molar refractivity (Wildman–Crippen MR) is 120 cm³/mol. The van der Waals surface area contributed by atoms with Crippen LogP contribution < -0.4 is 0 Å². The van der Waals surface area contributed by atoms with Gasteiger partial charge in [-0.1, -0.05) is 65.8 Å². The van der Waals surface area contributed by atoms with Crippen molar-refractivity contribution in [1.82, 2.24) is 0 Å². The Balaban J connectivity index is 2.38. The minimum atomic E-state index is -0.0674. The lowest BCUT2D eigenvalue weighted by Crippen LogP contribution is -2.12. The summed E-state index contributed by atoms with van der Waals surface area (Å²) in [6.07, 6.45) is 1.65. The van der Waals surface area contributed by atoms with E-state index in [9.17, 15) is 0 Å². The summed E-state index contributed by atoms with van der Waals surface area (Å²) in [6.45, 7) is 25.6. The summed E-state index contributed by atoms with van der Waals surface area (Å²) in [5, 5.41) is 2.34. The molecule has 150 valence electrons. The molecule has 0 bridgehead atoms. The molecule has 2 heteroatoms. The maximum Gasteiger partial charge on any atom is 0.138 e. The molecule has 0 saturated carbocycles. The van der Waals surface area contributed by atoms with Gasteiger partial charge >= 0.3 is 0 Å². The molecule has 3 rings (SSSR count). The van der Waals surface area contributed by atoms with Crippen LogP contribution in [0, 0.1) is 0 Å².